The van der Waals surface area contributed by atoms with E-state index in [1.807, 2.05) is 45.9 Å². The van der Waals surface area contributed by atoms with Crippen LogP contribution in [0.2, 0.25) is 0 Å². The first-order chi connectivity index (χ1) is 15.9. The summed E-state index contributed by atoms with van der Waals surface area (Å²) in [5.41, 5.74) is 1.45. The molecule has 2 saturated heterocycles. The average Bonchev–Trinajstić information content (AvgIpc) is 2.97. The number of ether oxygens (including phenoxy) is 1. The number of aromatic nitrogens is 2. The first-order valence-electron chi connectivity index (χ1n) is 11.5. The Kier molecular flexibility index (Phi) is 6.15. The van der Waals surface area contributed by atoms with Crippen molar-refractivity contribution in [3.8, 4) is 0 Å². The number of carbonyl (C=O) groups excluding carboxylic acids is 3. The Labute approximate surface area is 197 Å². The Balaban J connectivity index is 1.50. The van der Waals surface area contributed by atoms with Crippen molar-refractivity contribution in [2.45, 2.75) is 52.3 Å². The van der Waals surface area contributed by atoms with Crippen molar-refractivity contribution < 1.29 is 19.1 Å². The molecule has 4 rings (SSSR count). The lowest BCUT2D eigenvalue weighted by Gasteiger charge is -2.40. The normalized spacial score (nSPS) is 20.1. The number of fused-ring (bicyclic) bond motifs is 1. The fourth-order valence-corrected chi connectivity index (χ4v) is 4.47. The molecule has 0 aliphatic carbocycles. The van der Waals surface area contributed by atoms with Crippen LogP contribution in [0.15, 0.2) is 23.0 Å². The van der Waals surface area contributed by atoms with Crippen LogP contribution < -0.4 is 16.0 Å². The number of rotatable bonds is 3. The summed E-state index contributed by atoms with van der Waals surface area (Å²) in [6, 6.07) is 5.13. The molecule has 11 nitrogen and oxygen atoms in total. The van der Waals surface area contributed by atoms with Gasteiger partial charge in [-0.3, -0.25) is 19.6 Å². The summed E-state index contributed by atoms with van der Waals surface area (Å²) in [6.45, 7) is 10.4. The number of amides is 4. The molecule has 0 bridgehead atoms. The van der Waals surface area contributed by atoms with Gasteiger partial charge in [-0.2, -0.15) is 4.68 Å². The molecule has 2 fully saturated rings. The van der Waals surface area contributed by atoms with Crippen LogP contribution in [0.5, 0.6) is 0 Å². The second kappa shape index (κ2) is 8.79. The fraction of sp³-hybridized carbons (Fsp3) is 0.565. The molecule has 2 aliphatic heterocycles. The third-order valence-electron chi connectivity index (χ3n) is 6.12. The number of carbonyl (C=O) groups is 3. The Morgan fingerprint density at radius 3 is 2.50 bits per heavy atom. The largest absolute Gasteiger partial charge is 0.444 e. The van der Waals surface area contributed by atoms with Crippen LogP contribution in [0.1, 0.15) is 39.7 Å². The zero-order chi connectivity index (χ0) is 24.8. The Morgan fingerprint density at radius 1 is 1.12 bits per heavy atom. The number of imide groups is 1. The molecule has 0 unspecified atom stereocenters. The first kappa shape index (κ1) is 23.8. The quantitative estimate of drug-likeness (QED) is 0.723. The van der Waals surface area contributed by atoms with E-state index in [4.69, 9.17) is 4.74 Å². The van der Waals surface area contributed by atoms with Gasteiger partial charge in [0.1, 0.15) is 5.60 Å². The van der Waals surface area contributed by atoms with Crippen molar-refractivity contribution in [3.63, 3.8) is 0 Å². The predicted octanol–water partition coefficient (Wildman–Crippen LogP) is 1.36. The van der Waals surface area contributed by atoms with E-state index in [1.54, 1.807) is 11.9 Å². The van der Waals surface area contributed by atoms with E-state index in [0.29, 0.717) is 37.2 Å². The molecule has 11 heteroatoms. The van der Waals surface area contributed by atoms with E-state index in [0.717, 1.165) is 5.56 Å². The summed E-state index contributed by atoms with van der Waals surface area (Å²) in [7, 11) is 1.67. The molecule has 0 radical (unpaired) electrons. The van der Waals surface area contributed by atoms with Gasteiger partial charge < -0.3 is 9.64 Å². The van der Waals surface area contributed by atoms with Crippen LogP contribution in [0.4, 0.5) is 9.59 Å². The number of piperazine rings is 1. The van der Waals surface area contributed by atoms with E-state index >= 15 is 0 Å². The number of nitrogens with one attached hydrogen (secondary N) is 1. The van der Waals surface area contributed by atoms with Crippen LogP contribution in [-0.2, 0) is 23.1 Å². The molecule has 2 aromatic rings. The van der Waals surface area contributed by atoms with Gasteiger partial charge in [0.15, 0.2) is 0 Å². The molecular weight excluding hydrogens is 440 g/mol. The number of nitrogens with zero attached hydrogens (tertiary/aromatic N) is 5. The van der Waals surface area contributed by atoms with Crippen molar-refractivity contribution in [3.05, 3.63) is 34.2 Å². The number of urea groups is 1. The highest BCUT2D eigenvalue weighted by Gasteiger charge is 2.31. The smallest absolute Gasteiger partial charge is 0.410 e. The number of hydrogen-bond acceptors (Lipinski definition) is 6. The molecule has 2 aliphatic rings. The van der Waals surface area contributed by atoms with Crippen molar-refractivity contribution in [1.29, 1.82) is 0 Å². The van der Waals surface area contributed by atoms with Gasteiger partial charge in [0.25, 0.3) is 0 Å². The second-order valence-electron chi connectivity index (χ2n) is 9.96. The molecule has 1 N–H and O–H groups in total. The maximum absolute atomic E-state index is 12.9. The minimum absolute atomic E-state index is 0.0121. The molecule has 1 atom stereocenters. The van der Waals surface area contributed by atoms with Crippen LogP contribution in [0, 0.1) is 0 Å². The van der Waals surface area contributed by atoms with Crippen LogP contribution in [0.3, 0.4) is 0 Å². The van der Waals surface area contributed by atoms with Gasteiger partial charge in [-0.05, 0) is 45.4 Å². The number of benzene rings is 1. The lowest BCUT2D eigenvalue weighted by Crippen LogP contribution is -2.57. The monoisotopic (exact) mass is 472 g/mol. The first-order valence-corrected chi connectivity index (χ1v) is 11.5. The molecule has 34 heavy (non-hydrogen) atoms. The number of hydrogen-bond donors (Lipinski definition) is 1. The van der Waals surface area contributed by atoms with E-state index in [1.165, 1.54) is 14.3 Å². The molecule has 0 spiro atoms. The van der Waals surface area contributed by atoms with Gasteiger partial charge in [-0.25, -0.2) is 19.4 Å². The molecule has 1 aromatic heterocycles. The average molecular weight is 473 g/mol. The third kappa shape index (κ3) is 4.65. The Hall–Kier alpha value is -3.34. The number of aryl methyl sites for hydroxylation is 1. The topological polar surface area (TPSA) is 109 Å². The van der Waals surface area contributed by atoms with Crippen LogP contribution >= 0.6 is 0 Å². The van der Waals surface area contributed by atoms with E-state index in [-0.39, 0.29) is 36.7 Å². The standard InChI is InChI=1S/C23H32N6O5/c1-15-13-26(10-11-27(15)22(33)34-23(2,3)4)14-16-6-7-17-18(12-16)25(5)21(32)29(17)28-9-8-19(30)24-20(28)31/h6-7,12,15H,8-11,13-14H2,1-5H3,(H,24,30,31)/t15-/m0/s1. The van der Waals surface area contributed by atoms with E-state index in [9.17, 15) is 19.2 Å². The van der Waals surface area contributed by atoms with Crippen molar-refractivity contribution in [2.75, 3.05) is 31.2 Å². The lowest BCUT2D eigenvalue weighted by atomic mass is 10.1. The minimum Gasteiger partial charge on any atom is -0.444 e. The third-order valence-corrected chi connectivity index (χ3v) is 6.12. The van der Waals surface area contributed by atoms with Gasteiger partial charge in [0.05, 0.1) is 17.6 Å². The summed E-state index contributed by atoms with van der Waals surface area (Å²) in [5, 5.41) is 3.53. The van der Waals surface area contributed by atoms with Crippen LogP contribution in [0.25, 0.3) is 11.0 Å². The Morgan fingerprint density at radius 2 is 1.85 bits per heavy atom. The SMILES string of the molecule is C[C@H]1CN(Cc2ccc3c(c2)n(C)c(=O)n3N2CCC(=O)NC2=O)CCN1C(=O)OC(C)(C)C. The Bertz CT molecular complexity index is 1190. The summed E-state index contributed by atoms with van der Waals surface area (Å²) in [6.07, 6.45) is -0.152. The van der Waals surface area contributed by atoms with Gasteiger partial charge in [0.2, 0.25) is 5.91 Å². The predicted molar refractivity (Wildman–Crippen MR) is 126 cm³/mol. The van der Waals surface area contributed by atoms with E-state index < -0.39 is 11.6 Å². The van der Waals surface area contributed by atoms with E-state index in [2.05, 4.69) is 10.2 Å². The van der Waals surface area contributed by atoms with Crippen LogP contribution in [-0.4, -0.2) is 74.9 Å². The number of imidazole rings is 1. The summed E-state index contributed by atoms with van der Waals surface area (Å²) < 4.78 is 8.35. The maximum Gasteiger partial charge on any atom is 0.410 e. The zero-order valence-electron chi connectivity index (χ0n) is 20.3. The summed E-state index contributed by atoms with van der Waals surface area (Å²) >= 11 is 0. The van der Waals surface area contributed by atoms with Crippen molar-refractivity contribution in [2.24, 2.45) is 7.05 Å². The van der Waals surface area contributed by atoms with Crippen molar-refractivity contribution >= 4 is 29.1 Å². The summed E-state index contributed by atoms with van der Waals surface area (Å²) in [4.78, 5) is 53.2. The molecule has 4 amide bonds. The highest BCUT2D eigenvalue weighted by Crippen LogP contribution is 2.20. The highest BCUT2D eigenvalue weighted by molar-refractivity contribution is 6.02. The molecule has 3 heterocycles. The van der Waals surface area contributed by atoms with Gasteiger partial charge in [-0.15, -0.1) is 0 Å². The van der Waals surface area contributed by atoms with Crippen molar-refractivity contribution in [1.82, 2.24) is 24.4 Å². The van der Waals surface area contributed by atoms with Gasteiger partial charge in [0, 0.05) is 45.7 Å². The van der Waals surface area contributed by atoms with Gasteiger partial charge >= 0.3 is 17.8 Å². The minimum atomic E-state index is -0.605. The zero-order valence-corrected chi connectivity index (χ0v) is 20.3. The fourth-order valence-electron chi connectivity index (χ4n) is 4.47. The maximum atomic E-state index is 12.9. The molecular formula is C23H32N6O5. The lowest BCUT2D eigenvalue weighted by molar-refractivity contribution is -0.120. The second-order valence-corrected chi connectivity index (χ2v) is 9.96. The highest BCUT2D eigenvalue weighted by atomic mass is 16.6. The summed E-state index contributed by atoms with van der Waals surface area (Å²) in [5.74, 6) is -0.349. The molecule has 0 saturated carbocycles. The molecule has 1 aromatic carbocycles. The van der Waals surface area contributed by atoms with Gasteiger partial charge in [-0.1, -0.05) is 6.07 Å². The molecule has 184 valence electrons.